The average Bonchev–Trinajstić information content (AvgIpc) is 2.45. The van der Waals surface area contributed by atoms with Gasteiger partial charge in [0.15, 0.2) is 0 Å². The van der Waals surface area contributed by atoms with E-state index >= 15 is 0 Å². The molecule has 0 aromatic carbocycles. The first-order valence-electron chi connectivity index (χ1n) is 5.73. The van der Waals surface area contributed by atoms with Crippen molar-refractivity contribution in [1.29, 1.82) is 0 Å². The molecule has 2 bridgehead atoms. The van der Waals surface area contributed by atoms with Crippen LogP contribution < -0.4 is 0 Å². The Bertz CT molecular complexity index is 335. The van der Waals surface area contributed by atoms with Crippen LogP contribution >= 0.6 is 0 Å². The van der Waals surface area contributed by atoms with Gasteiger partial charge in [-0.05, 0) is 25.2 Å². The van der Waals surface area contributed by atoms with Crippen molar-refractivity contribution in [2.75, 3.05) is 0 Å². The molecule has 1 aliphatic heterocycles. The monoisotopic (exact) mass is 209 g/mol. The molecule has 2 amide bonds. The van der Waals surface area contributed by atoms with Gasteiger partial charge in [-0.15, -0.1) is 0 Å². The third-order valence-electron chi connectivity index (χ3n) is 4.74. The van der Waals surface area contributed by atoms with E-state index in [2.05, 4.69) is 20.8 Å². The Balaban J connectivity index is 2.45. The molecule has 2 rings (SSSR count). The van der Waals surface area contributed by atoms with Gasteiger partial charge in [0.2, 0.25) is 11.8 Å². The standard InChI is InChI=1S/C12H19NO2/c1-5-9(14)13-10(15)8-6-7-12(13,4)11(8,2)3/h8H,5-7H2,1-4H3/t8-,12-/m0/s1. The number of imide groups is 1. The number of rotatable bonds is 1. The molecule has 2 fully saturated rings. The number of hydrogen-bond donors (Lipinski definition) is 0. The quantitative estimate of drug-likeness (QED) is 0.662. The molecule has 84 valence electrons. The van der Waals surface area contributed by atoms with E-state index in [1.807, 2.05) is 6.92 Å². The minimum Gasteiger partial charge on any atom is -0.276 e. The third-order valence-corrected chi connectivity index (χ3v) is 4.74. The normalized spacial score (nSPS) is 37.5. The van der Waals surface area contributed by atoms with Gasteiger partial charge in [-0.1, -0.05) is 20.8 Å². The molecule has 15 heavy (non-hydrogen) atoms. The molecular formula is C12H19NO2. The summed E-state index contributed by atoms with van der Waals surface area (Å²) in [6.07, 6.45) is 2.32. The Morgan fingerprint density at radius 3 is 2.47 bits per heavy atom. The first-order valence-corrected chi connectivity index (χ1v) is 5.73. The smallest absolute Gasteiger partial charge is 0.233 e. The van der Waals surface area contributed by atoms with Crippen molar-refractivity contribution >= 4 is 11.8 Å². The van der Waals surface area contributed by atoms with Crippen LogP contribution in [-0.4, -0.2) is 22.3 Å². The molecule has 2 atom stereocenters. The Morgan fingerprint density at radius 1 is 1.47 bits per heavy atom. The van der Waals surface area contributed by atoms with Gasteiger partial charge in [0.1, 0.15) is 0 Å². The van der Waals surface area contributed by atoms with Crippen molar-refractivity contribution < 1.29 is 9.59 Å². The van der Waals surface area contributed by atoms with Gasteiger partial charge in [-0.3, -0.25) is 14.5 Å². The molecule has 1 saturated heterocycles. The molecule has 1 aliphatic carbocycles. The van der Waals surface area contributed by atoms with Gasteiger partial charge in [0, 0.05) is 12.3 Å². The van der Waals surface area contributed by atoms with Crippen molar-refractivity contribution in [1.82, 2.24) is 4.90 Å². The van der Waals surface area contributed by atoms with Crippen LogP contribution in [0.3, 0.4) is 0 Å². The summed E-state index contributed by atoms with van der Waals surface area (Å²) in [7, 11) is 0. The number of piperidine rings is 1. The van der Waals surface area contributed by atoms with Gasteiger partial charge < -0.3 is 0 Å². The van der Waals surface area contributed by atoms with Gasteiger partial charge in [-0.25, -0.2) is 0 Å². The van der Waals surface area contributed by atoms with Crippen LogP contribution in [0, 0.1) is 11.3 Å². The van der Waals surface area contributed by atoms with Crippen LogP contribution in [0.4, 0.5) is 0 Å². The summed E-state index contributed by atoms with van der Waals surface area (Å²) in [5, 5.41) is 0. The summed E-state index contributed by atoms with van der Waals surface area (Å²) in [6, 6.07) is 0. The maximum atomic E-state index is 12.1. The van der Waals surface area contributed by atoms with Crippen molar-refractivity contribution in [3.63, 3.8) is 0 Å². The van der Waals surface area contributed by atoms with Crippen LogP contribution in [0.25, 0.3) is 0 Å². The van der Waals surface area contributed by atoms with Gasteiger partial charge in [0.25, 0.3) is 0 Å². The zero-order valence-electron chi connectivity index (χ0n) is 9.96. The summed E-state index contributed by atoms with van der Waals surface area (Å²) in [4.78, 5) is 25.4. The third kappa shape index (κ3) is 1.01. The zero-order chi connectivity index (χ0) is 11.4. The molecule has 0 radical (unpaired) electrons. The van der Waals surface area contributed by atoms with Crippen LogP contribution in [0.2, 0.25) is 0 Å². The molecule has 0 aromatic rings. The summed E-state index contributed by atoms with van der Waals surface area (Å²) in [5.74, 6) is 0.0939. The number of amides is 2. The Labute approximate surface area is 90.8 Å². The van der Waals surface area contributed by atoms with Gasteiger partial charge >= 0.3 is 0 Å². The SMILES string of the molecule is CCC(=O)N1C(=O)[C@@H]2CC[C@@]1(C)C2(C)C. The summed E-state index contributed by atoms with van der Waals surface area (Å²) >= 11 is 0. The molecular weight excluding hydrogens is 190 g/mol. The maximum Gasteiger partial charge on any atom is 0.233 e. The second-order valence-corrected chi connectivity index (χ2v) is 5.51. The molecule has 0 unspecified atom stereocenters. The number of nitrogens with zero attached hydrogens (tertiary/aromatic N) is 1. The lowest BCUT2D eigenvalue weighted by Gasteiger charge is -2.39. The maximum absolute atomic E-state index is 12.1. The lowest BCUT2D eigenvalue weighted by Crippen LogP contribution is -2.52. The van der Waals surface area contributed by atoms with Crippen molar-refractivity contribution in [3.8, 4) is 0 Å². The molecule has 1 saturated carbocycles. The number of fused-ring (bicyclic) bond motifs is 2. The first-order chi connectivity index (χ1) is 6.86. The Hall–Kier alpha value is -0.860. The van der Waals surface area contributed by atoms with E-state index in [0.717, 1.165) is 12.8 Å². The number of likely N-dealkylation sites (tertiary alicyclic amines) is 1. The molecule has 0 aromatic heterocycles. The molecule has 0 spiro atoms. The van der Waals surface area contributed by atoms with Crippen LogP contribution in [-0.2, 0) is 9.59 Å². The average molecular weight is 209 g/mol. The largest absolute Gasteiger partial charge is 0.276 e. The van der Waals surface area contributed by atoms with E-state index in [1.165, 1.54) is 0 Å². The summed E-state index contributed by atoms with van der Waals surface area (Å²) in [6.45, 7) is 8.11. The van der Waals surface area contributed by atoms with E-state index < -0.39 is 0 Å². The predicted molar refractivity (Wildman–Crippen MR) is 57.1 cm³/mol. The molecule has 3 heteroatoms. The van der Waals surface area contributed by atoms with E-state index in [1.54, 1.807) is 4.90 Å². The van der Waals surface area contributed by atoms with Gasteiger partial charge in [-0.2, -0.15) is 0 Å². The van der Waals surface area contributed by atoms with Gasteiger partial charge in [0.05, 0.1) is 5.54 Å². The molecule has 0 N–H and O–H groups in total. The van der Waals surface area contributed by atoms with E-state index in [-0.39, 0.29) is 28.7 Å². The highest BCUT2D eigenvalue weighted by Crippen LogP contribution is 2.59. The van der Waals surface area contributed by atoms with Crippen LogP contribution in [0.5, 0.6) is 0 Å². The van der Waals surface area contributed by atoms with Crippen molar-refractivity contribution in [3.05, 3.63) is 0 Å². The fourth-order valence-corrected chi connectivity index (χ4v) is 3.27. The highest BCUT2D eigenvalue weighted by molar-refractivity contribution is 6.00. The lowest BCUT2D eigenvalue weighted by atomic mass is 9.75. The van der Waals surface area contributed by atoms with E-state index in [9.17, 15) is 9.59 Å². The van der Waals surface area contributed by atoms with E-state index in [4.69, 9.17) is 0 Å². The fraction of sp³-hybridized carbons (Fsp3) is 0.833. The minimum absolute atomic E-state index is 0.0159. The number of carbonyl (C=O) groups is 2. The van der Waals surface area contributed by atoms with E-state index in [0.29, 0.717) is 6.42 Å². The highest BCUT2D eigenvalue weighted by Gasteiger charge is 2.66. The highest BCUT2D eigenvalue weighted by atomic mass is 16.2. The molecule has 3 nitrogen and oxygen atoms in total. The van der Waals surface area contributed by atoms with Crippen molar-refractivity contribution in [2.24, 2.45) is 11.3 Å². The minimum atomic E-state index is -0.248. The van der Waals surface area contributed by atoms with Crippen LogP contribution in [0.1, 0.15) is 47.0 Å². The summed E-state index contributed by atoms with van der Waals surface area (Å²) < 4.78 is 0. The zero-order valence-corrected chi connectivity index (χ0v) is 9.96. The Kier molecular flexibility index (Phi) is 2.01. The number of hydrogen-bond acceptors (Lipinski definition) is 2. The molecule has 1 heterocycles. The second-order valence-electron chi connectivity index (χ2n) is 5.51. The summed E-state index contributed by atoms with van der Waals surface area (Å²) in [5.41, 5.74) is -0.309. The Morgan fingerprint density at radius 2 is 2.07 bits per heavy atom. The first kappa shape index (κ1) is 10.7. The fourth-order valence-electron chi connectivity index (χ4n) is 3.27. The topological polar surface area (TPSA) is 37.4 Å². The van der Waals surface area contributed by atoms with Crippen molar-refractivity contribution in [2.45, 2.75) is 52.5 Å². The van der Waals surface area contributed by atoms with Crippen LogP contribution in [0.15, 0.2) is 0 Å². The predicted octanol–water partition coefficient (Wildman–Crippen LogP) is 1.96. The molecule has 2 aliphatic rings. The number of carbonyl (C=O) groups excluding carboxylic acids is 2. The second kappa shape index (κ2) is 2.83. The lowest BCUT2D eigenvalue weighted by molar-refractivity contribution is -0.150.